The molecule has 6 rings (SSSR count). The number of aromatic nitrogens is 3. The molecule has 2 aromatic carbocycles. The predicted octanol–water partition coefficient (Wildman–Crippen LogP) is 1.97. The van der Waals surface area contributed by atoms with Crippen LogP contribution in [-0.2, 0) is 23.9 Å². The first kappa shape index (κ1) is 29.1. The lowest BCUT2D eigenvalue weighted by atomic mass is 9.73. The van der Waals surface area contributed by atoms with Crippen LogP contribution in [0.15, 0.2) is 81.4 Å². The van der Waals surface area contributed by atoms with Gasteiger partial charge < -0.3 is 14.8 Å². The molecule has 1 N–H and O–H groups in total. The summed E-state index contributed by atoms with van der Waals surface area (Å²) in [5, 5.41) is 2.90. The molecule has 12 heteroatoms. The lowest BCUT2D eigenvalue weighted by Crippen LogP contribution is -2.57. The molecule has 1 fully saturated rings. The molecule has 0 bridgehead atoms. The van der Waals surface area contributed by atoms with Gasteiger partial charge in [0.05, 0.1) is 43.8 Å². The molecule has 6 atom stereocenters. The second kappa shape index (κ2) is 10.6. The molecular weight excluding hydrogens is 568 g/mol. The lowest BCUT2D eigenvalue weighted by Gasteiger charge is -2.37. The number of ketones is 1. The Morgan fingerprint density at radius 2 is 1.43 bits per heavy atom. The molecule has 3 aliphatic rings. The van der Waals surface area contributed by atoms with Crippen LogP contribution in [0, 0.1) is 17.8 Å². The number of benzene rings is 2. The number of hydrogen-bond donors (Lipinski definition) is 1. The van der Waals surface area contributed by atoms with Crippen LogP contribution in [0.5, 0.6) is 0 Å². The van der Waals surface area contributed by atoms with Gasteiger partial charge in [0.15, 0.2) is 5.78 Å². The van der Waals surface area contributed by atoms with Gasteiger partial charge >= 0.3 is 23.3 Å². The highest BCUT2D eigenvalue weighted by Gasteiger charge is 2.63. The Labute approximate surface area is 251 Å². The third-order valence-electron chi connectivity index (χ3n) is 9.34. The summed E-state index contributed by atoms with van der Waals surface area (Å²) in [5.41, 5.74) is -1.67. The average Bonchev–Trinajstić information content (AvgIpc) is 3.33. The Bertz CT molecular complexity index is 1840. The number of methoxy groups -OCH3 is 2. The van der Waals surface area contributed by atoms with Gasteiger partial charge in [-0.05, 0) is 56.5 Å². The lowest BCUT2D eigenvalue weighted by molar-refractivity contribution is -0.151. The van der Waals surface area contributed by atoms with E-state index >= 15 is 0 Å². The molecule has 0 radical (unpaired) electrons. The number of para-hydroxylation sites is 1. The van der Waals surface area contributed by atoms with Crippen molar-refractivity contribution in [1.29, 1.82) is 0 Å². The van der Waals surface area contributed by atoms with Gasteiger partial charge in [0, 0.05) is 17.1 Å². The summed E-state index contributed by atoms with van der Waals surface area (Å²) in [5.74, 6) is -5.20. The zero-order valence-corrected chi connectivity index (χ0v) is 24.7. The Morgan fingerprint density at radius 1 is 0.841 bits per heavy atom. The highest BCUT2D eigenvalue weighted by molar-refractivity contribution is 6.11. The maximum Gasteiger partial charge on any atom is 0.352 e. The maximum absolute atomic E-state index is 14.6. The van der Waals surface area contributed by atoms with Gasteiger partial charge in [-0.1, -0.05) is 36.4 Å². The highest BCUT2D eigenvalue weighted by Crippen LogP contribution is 2.56. The van der Waals surface area contributed by atoms with Gasteiger partial charge in [-0.15, -0.1) is 0 Å². The van der Waals surface area contributed by atoms with E-state index in [2.05, 4.69) is 5.32 Å². The molecular formula is C32H32N4O8. The first-order chi connectivity index (χ1) is 21.0. The van der Waals surface area contributed by atoms with Gasteiger partial charge in [0.1, 0.15) is 5.54 Å². The minimum absolute atomic E-state index is 0.0175. The number of esters is 2. The van der Waals surface area contributed by atoms with E-state index in [-0.39, 0.29) is 18.4 Å². The summed E-state index contributed by atoms with van der Waals surface area (Å²) in [6, 6.07) is 14.9. The highest BCUT2D eigenvalue weighted by atomic mass is 16.5. The van der Waals surface area contributed by atoms with E-state index in [1.54, 1.807) is 74.5 Å². The number of nitrogens with one attached hydrogen (secondary N) is 1. The van der Waals surface area contributed by atoms with Crippen molar-refractivity contribution in [3.05, 3.63) is 98.3 Å². The number of hydrogen-bond acceptors (Lipinski definition) is 8. The largest absolute Gasteiger partial charge is 0.469 e. The third-order valence-corrected chi connectivity index (χ3v) is 9.34. The second-order valence-corrected chi connectivity index (χ2v) is 11.6. The van der Waals surface area contributed by atoms with Crippen molar-refractivity contribution >= 4 is 23.6 Å². The fourth-order valence-electron chi connectivity index (χ4n) is 7.44. The van der Waals surface area contributed by atoms with Crippen LogP contribution < -0.4 is 16.7 Å². The van der Waals surface area contributed by atoms with Crippen LogP contribution in [-0.4, -0.2) is 57.3 Å². The number of fused-ring (bicyclic) bond motifs is 2. The molecule has 2 aliphatic carbocycles. The van der Waals surface area contributed by atoms with Crippen LogP contribution in [0.2, 0.25) is 0 Å². The van der Waals surface area contributed by atoms with Crippen molar-refractivity contribution in [3.8, 4) is 5.69 Å². The first-order valence-electron chi connectivity index (χ1n) is 14.4. The minimum Gasteiger partial charge on any atom is -0.469 e. The molecule has 1 aliphatic heterocycles. The number of rotatable bonds is 5. The molecule has 228 valence electrons. The van der Waals surface area contributed by atoms with E-state index < -0.39 is 70.4 Å². The summed E-state index contributed by atoms with van der Waals surface area (Å²) in [4.78, 5) is 82.8. The van der Waals surface area contributed by atoms with Crippen molar-refractivity contribution in [2.75, 3.05) is 14.2 Å². The Kier molecular flexibility index (Phi) is 7.02. The van der Waals surface area contributed by atoms with Crippen LogP contribution >= 0.6 is 0 Å². The molecule has 44 heavy (non-hydrogen) atoms. The van der Waals surface area contributed by atoms with Gasteiger partial charge in [-0.3, -0.25) is 19.2 Å². The topological polar surface area (TPSA) is 148 Å². The fourth-order valence-corrected chi connectivity index (χ4v) is 7.44. The molecule has 2 heterocycles. The number of amides is 1. The molecule has 1 amide bonds. The molecule has 1 aromatic heterocycles. The molecule has 12 nitrogen and oxygen atoms in total. The summed E-state index contributed by atoms with van der Waals surface area (Å²) >= 11 is 0. The normalized spacial score (nSPS) is 27.2. The molecule has 3 aromatic rings. The van der Waals surface area contributed by atoms with Crippen molar-refractivity contribution < 1.29 is 28.7 Å². The van der Waals surface area contributed by atoms with E-state index in [0.717, 1.165) is 4.57 Å². The Balaban J connectivity index is 1.60. The van der Waals surface area contributed by atoms with Crippen molar-refractivity contribution in [2.24, 2.45) is 17.8 Å². The number of carbonyl (C=O) groups excluding carboxylic acids is 4. The number of nitrogens with zero attached hydrogens (tertiary/aromatic N) is 3. The molecule has 0 spiro atoms. The smallest absolute Gasteiger partial charge is 0.352 e. The van der Waals surface area contributed by atoms with Crippen LogP contribution in [0.1, 0.15) is 49.1 Å². The van der Waals surface area contributed by atoms with E-state index in [1.165, 1.54) is 23.6 Å². The minimum atomic E-state index is -1.67. The molecule has 1 saturated carbocycles. The van der Waals surface area contributed by atoms with Gasteiger partial charge in [-0.25, -0.2) is 23.5 Å². The third kappa shape index (κ3) is 4.11. The predicted molar refractivity (Wildman–Crippen MR) is 156 cm³/mol. The SMILES string of the molecule is COC(=O)C1C[C@@H]2C3=C(C(=O)[C@@](C)(NC(=O)c4ccccc4)[C@@H]3[C@H](C(=O)OC)C1)[C@H](C)n1c(=O)n(-c3ccccc3)c(=O)n12. The van der Waals surface area contributed by atoms with Gasteiger partial charge in [0.25, 0.3) is 5.91 Å². The Morgan fingerprint density at radius 3 is 2.05 bits per heavy atom. The van der Waals surface area contributed by atoms with Crippen molar-refractivity contribution in [3.63, 3.8) is 0 Å². The maximum atomic E-state index is 14.6. The van der Waals surface area contributed by atoms with E-state index in [4.69, 9.17) is 9.47 Å². The van der Waals surface area contributed by atoms with Crippen molar-refractivity contribution in [2.45, 2.75) is 44.3 Å². The average molecular weight is 601 g/mol. The number of ether oxygens (including phenoxy) is 2. The van der Waals surface area contributed by atoms with Crippen LogP contribution in [0.4, 0.5) is 0 Å². The molecule has 0 saturated heterocycles. The monoisotopic (exact) mass is 600 g/mol. The van der Waals surface area contributed by atoms with E-state index in [1.807, 2.05) is 0 Å². The van der Waals surface area contributed by atoms with Crippen molar-refractivity contribution in [1.82, 2.24) is 19.2 Å². The van der Waals surface area contributed by atoms with Gasteiger partial charge in [-0.2, -0.15) is 0 Å². The standard InChI is InChI=1S/C32H32N4O8/c1-17-23-24-22(36-31(42)34(30(41)35(17)36)20-13-9-6-10-14-20)16-19(28(39)43-3)15-21(29(40)44-4)25(24)32(2,26(23)37)33-27(38)18-11-7-5-8-12-18/h5-14,17,19,21-22,25H,15-16H2,1-4H3,(H,33,38)/t17-,19?,21+,22+,25+,32-/m0/s1. The second-order valence-electron chi connectivity index (χ2n) is 11.6. The van der Waals surface area contributed by atoms with E-state index in [0.29, 0.717) is 16.8 Å². The van der Waals surface area contributed by atoms with Crippen LogP contribution in [0.3, 0.4) is 0 Å². The summed E-state index contributed by atoms with van der Waals surface area (Å²) < 4.78 is 13.9. The first-order valence-corrected chi connectivity index (χ1v) is 14.4. The summed E-state index contributed by atoms with van der Waals surface area (Å²) in [7, 11) is 2.45. The summed E-state index contributed by atoms with van der Waals surface area (Å²) in [6.07, 6.45) is -0.0789. The number of Topliss-reactive ketones (excluding diaryl/α,β-unsaturated/α-hetero) is 1. The van der Waals surface area contributed by atoms with E-state index in [9.17, 15) is 28.8 Å². The molecule has 1 unspecified atom stereocenters. The Hall–Kier alpha value is -5.00. The number of carbonyl (C=O) groups is 4. The van der Waals surface area contributed by atoms with Crippen LogP contribution in [0.25, 0.3) is 5.69 Å². The zero-order valence-electron chi connectivity index (χ0n) is 24.7. The quantitative estimate of drug-likeness (QED) is 0.437. The fraction of sp³-hybridized carbons (Fsp3) is 0.375. The van der Waals surface area contributed by atoms with Gasteiger partial charge in [0.2, 0.25) is 0 Å². The summed E-state index contributed by atoms with van der Waals surface area (Å²) in [6.45, 7) is 3.19. The zero-order chi connectivity index (χ0) is 31.5.